The number of rotatable bonds is 3. The van der Waals surface area contributed by atoms with Gasteiger partial charge in [0, 0.05) is 5.69 Å². The lowest BCUT2D eigenvalue weighted by molar-refractivity contribution is -0.142. The van der Waals surface area contributed by atoms with Crippen LogP contribution < -0.4 is 5.32 Å². The van der Waals surface area contributed by atoms with Gasteiger partial charge in [-0.15, -0.1) is 0 Å². The monoisotopic (exact) mass is 336 g/mol. The number of hydrogen-bond donors (Lipinski definition) is 1. The number of likely N-dealkylation sites (tertiary alicyclic amines) is 1. The first-order valence-corrected chi connectivity index (χ1v) is 8.95. The minimum Gasteiger partial charge on any atom is -0.324 e. The molecule has 5 nitrogen and oxygen atoms in total. The minimum atomic E-state index is -0.319. The second-order valence-electron chi connectivity index (χ2n) is 7.78. The molecule has 1 heterocycles. The van der Waals surface area contributed by atoms with Crippen LogP contribution in [-0.2, 0) is 14.4 Å². The Morgan fingerprint density at radius 3 is 2.28 bits per heavy atom. The fourth-order valence-electron chi connectivity index (χ4n) is 5.22. The number of nitrogens with zero attached hydrogens (tertiary/aromatic N) is 1. The standard InChI is InChI=1S/C20H20N2O3/c1-10-4-2-3-5-15(10)21-16(23)9-22-19(24)17-11-6-7-12(14-8-13(11)14)18(17)20(22)25/h2-7,11-14,17-18H,8-9H2,1H3,(H,21,23)/t11-,12+,13-,14-,17+,18-/m1/s1. The van der Waals surface area contributed by atoms with E-state index in [9.17, 15) is 14.4 Å². The van der Waals surface area contributed by atoms with Crippen LogP contribution in [0.15, 0.2) is 36.4 Å². The SMILES string of the molecule is Cc1ccccc1NC(=O)CN1C(=O)[C@@H]2[C@H]3C=C[C@H]([C@H]4C[C@H]34)[C@@H]2C1=O. The predicted molar refractivity (Wildman–Crippen MR) is 91.2 cm³/mol. The summed E-state index contributed by atoms with van der Waals surface area (Å²) in [4.78, 5) is 39.3. The molecule has 0 aromatic heterocycles. The van der Waals surface area contributed by atoms with E-state index in [0.29, 0.717) is 17.5 Å². The minimum absolute atomic E-state index is 0.153. The van der Waals surface area contributed by atoms with Gasteiger partial charge in [-0.25, -0.2) is 0 Å². The third kappa shape index (κ3) is 2.04. The van der Waals surface area contributed by atoms with Gasteiger partial charge in [-0.05, 0) is 48.6 Å². The van der Waals surface area contributed by atoms with Gasteiger partial charge in [0.15, 0.2) is 0 Å². The summed E-state index contributed by atoms with van der Waals surface area (Å²) >= 11 is 0. The van der Waals surface area contributed by atoms with Crippen molar-refractivity contribution in [3.63, 3.8) is 0 Å². The first-order chi connectivity index (χ1) is 12.1. The van der Waals surface area contributed by atoms with E-state index in [2.05, 4.69) is 17.5 Å². The summed E-state index contributed by atoms with van der Waals surface area (Å²) in [7, 11) is 0. The van der Waals surface area contributed by atoms with Crippen molar-refractivity contribution >= 4 is 23.4 Å². The average Bonchev–Trinajstić information content (AvgIpc) is 3.38. The maximum atomic E-state index is 12.9. The van der Waals surface area contributed by atoms with E-state index in [-0.39, 0.29) is 47.9 Å². The van der Waals surface area contributed by atoms with Crippen molar-refractivity contribution in [2.45, 2.75) is 13.3 Å². The molecule has 5 heteroatoms. The lowest BCUT2D eigenvalue weighted by atomic mass is 9.63. The molecule has 1 aromatic carbocycles. The van der Waals surface area contributed by atoms with Crippen LogP contribution in [0.1, 0.15) is 12.0 Å². The summed E-state index contributed by atoms with van der Waals surface area (Å²) in [5.41, 5.74) is 1.66. The van der Waals surface area contributed by atoms with Crippen LogP contribution in [0, 0.1) is 42.4 Å². The van der Waals surface area contributed by atoms with Gasteiger partial charge in [-0.1, -0.05) is 30.4 Å². The van der Waals surface area contributed by atoms with E-state index in [1.165, 1.54) is 4.90 Å². The number of amides is 3. The van der Waals surface area contributed by atoms with Gasteiger partial charge in [0.25, 0.3) is 0 Å². The number of para-hydroxylation sites is 1. The Morgan fingerprint density at radius 1 is 1.08 bits per heavy atom. The summed E-state index contributed by atoms with van der Waals surface area (Å²) in [6.45, 7) is 1.72. The summed E-state index contributed by atoms with van der Waals surface area (Å²) in [6.07, 6.45) is 5.42. The largest absolute Gasteiger partial charge is 0.324 e. The summed E-state index contributed by atoms with van der Waals surface area (Å²) in [6, 6.07) is 7.47. The maximum Gasteiger partial charge on any atom is 0.244 e. The molecule has 6 atom stereocenters. The lowest BCUT2D eigenvalue weighted by Crippen LogP contribution is -2.40. The molecule has 3 fully saturated rings. The van der Waals surface area contributed by atoms with Gasteiger partial charge < -0.3 is 5.32 Å². The van der Waals surface area contributed by atoms with Crippen molar-refractivity contribution in [3.8, 4) is 0 Å². The van der Waals surface area contributed by atoms with Crippen molar-refractivity contribution in [2.24, 2.45) is 35.5 Å². The molecule has 5 aliphatic rings. The Morgan fingerprint density at radius 2 is 1.68 bits per heavy atom. The third-order valence-corrected chi connectivity index (χ3v) is 6.47. The van der Waals surface area contributed by atoms with Crippen LogP contribution in [0.4, 0.5) is 5.69 Å². The number of nitrogens with one attached hydrogen (secondary N) is 1. The number of allylic oxidation sites excluding steroid dienone is 2. The first kappa shape index (κ1) is 14.9. The predicted octanol–water partition coefficient (Wildman–Crippen LogP) is 1.99. The normalized spacial score (nSPS) is 37.1. The van der Waals surface area contributed by atoms with Crippen molar-refractivity contribution in [1.29, 1.82) is 0 Å². The summed E-state index contributed by atoms with van der Waals surface area (Å²) in [5.74, 6) is 0.443. The number of hydrogen-bond acceptors (Lipinski definition) is 3. The highest BCUT2D eigenvalue weighted by Crippen LogP contribution is 2.65. The molecule has 3 amide bonds. The van der Waals surface area contributed by atoms with E-state index >= 15 is 0 Å². The summed E-state index contributed by atoms with van der Waals surface area (Å²) < 4.78 is 0. The van der Waals surface area contributed by atoms with Gasteiger partial charge in [-0.2, -0.15) is 0 Å². The maximum absolute atomic E-state index is 12.9. The molecule has 1 N–H and O–H groups in total. The molecule has 4 aliphatic carbocycles. The first-order valence-electron chi connectivity index (χ1n) is 8.95. The lowest BCUT2D eigenvalue weighted by Gasteiger charge is -2.37. The molecular weight excluding hydrogens is 316 g/mol. The van der Waals surface area contributed by atoms with Gasteiger partial charge in [0.2, 0.25) is 17.7 Å². The molecule has 1 saturated heterocycles. The molecule has 1 aromatic rings. The van der Waals surface area contributed by atoms with Crippen LogP contribution in [0.25, 0.3) is 0 Å². The van der Waals surface area contributed by atoms with Gasteiger partial charge in [-0.3, -0.25) is 19.3 Å². The molecule has 2 bridgehead atoms. The molecule has 0 spiro atoms. The zero-order valence-electron chi connectivity index (χ0n) is 14.0. The van der Waals surface area contributed by atoms with Crippen LogP contribution in [0.5, 0.6) is 0 Å². The second kappa shape index (κ2) is 5.04. The Hall–Kier alpha value is -2.43. The topological polar surface area (TPSA) is 66.5 Å². The Bertz CT molecular complexity index is 794. The van der Waals surface area contributed by atoms with Crippen molar-refractivity contribution in [3.05, 3.63) is 42.0 Å². The van der Waals surface area contributed by atoms with E-state index in [0.717, 1.165) is 12.0 Å². The number of imide groups is 1. The smallest absolute Gasteiger partial charge is 0.244 e. The number of carbonyl (C=O) groups is 3. The highest BCUT2D eigenvalue weighted by Gasteiger charge is 2.67. The molecule has 25 heavy (non-hydrogen) atoms. The fourth-order valence-corrected chi connectivity index (χ4v) is 5.22. The molecule has 1 aliphatic heterocycles. The highest BCUT2D eigenvalue weighted by atomic mass is 16.2. The van der Waals surface area contributed by atoms with Crippen LogP contribution in [-0.4, -0.2) is 29.2 Å². The molecule has 128 valence electrons. The second-order valence-corrected chi connectivity index (χ2v) is 7.78. The quantitative estimate of drug-likeness (QED) is 0.678. The average molecular weight is 336 g/mol. The van der Waals surface area contributed by atoms with E-state index < -0.39 is 0 Å². The van der Waals surface area contributed by atoms with Crippen molar-refractivity contribution in [2.75, 3.05) is 11.9 Å². The van der Waals surface area contributed by atoms with Crippen molar-refractivity contribution in [1.82, 2.24) is 4.90 Å². The highest BCUT2D eigenvalue weighted by molar-refractivity contribution is 6.09. The number of carbonyl (C=O) groups excluding carboxylic acids is 3. The van der Waals surface area contributed by atoms with Crippen LogP contribution in [0.3, 0.4) is 0 Å². The Labute approximate surface area is 146 Å². The van der Waals surface area contributed by atoms with Gasteiger partial charge in [0.05, 0.1) is 11.8 Å². The molecule has 2 saturated carbocycles. The zero-order chi connectivity index (χ0) is 17.3. The Kier molecular flexibility index (Phi) is 3.00. The van der Waals surface area contributed by atoms with Crippen molar-refractivity contribution < 1.29 is 14.4 Å². The van der Waals surface area contributed by atoms with E-state index in [4.69, 9.17) is 0 Å². The Balaban J connectivity index is 1.34. The summed E-state index contributed by atoms with van der Waals surface area (Å²) in [5, 5.41) is 2.81. The van der Waals surface area contributed by atoms with Crippen LogP contribution in [0.2, 0.25) is 0 Å². The van der Waals surface area contributed by atoms with Gasteiger partial charge in [0.1, 0.15) is 6.54 Å². The van der Waals surface area contributed by atoms with Crippen LogP contribution >= 0.6 is 0 Å². The fraction of sp³-hybridized carbons (Fsp3) is 0.450. The molecule has 0 radical (unpaired) electrons. The zero-order valence-corrected chi connectivity index (χ0v) is 14.0. The third-order valence-electron chi connectivity index (χ3n) is 6.47. The molecule has 0 unspecified atom stereocenters. The van der Waals surface area contributed by atoms with E-state index in [1.54, 1.807) is 0 Å². The number of benzene rings is 1. The van der Waals surface area contributed by atoms with E-state index in [1.807, 2.05) is 31.2 Å². The number of anilines is 1. The number of aryl methyl sites for hydroxylation is 1. The molecule has 6 rings (SSSR count). The molecular formula is C20H20N2O3. The van der Waals surface area contributed by atoms with Gasteiger partial charge >= 0.3 is 0 Å².